The van der Waals surface area contributed by atoms with E-state index in [1.807, 2.05) is 0 Å². The van der Waals surface area contributed by atoms with E-state index >= 15 is 0 Å². The van der Waals surface area contributed by atoms with E-state index < -0.39 is 0 Å². The zero-order valence-electron chi connectivity index (χ0n) is 21.7. The fourth-order valence-electron chi connectivity index (χ4n) is 4.31. The first-order valence-corrected chi connectivity index (χ1v) is 14.5. The van der Waals surface area contributed by atoms with Gasteiger partial charge in [0.05, 0.1) is 6.61 Å². The summed E-state index contributed by atoms with van der Waals surface area (Å²) in [4.78, 5) is 11.8. The van der Waals surface area contributed by atoms with Crippen LogP contribution in [0.5, 0.6) is 0 Å². The maximum atomic E-state index is 11.8. The standard InChI is InChI=1S/C29H58O2/c1-3-5-7-9-11-13-15-16-18-20-22-24-26-28-31-29(30)27-25-23-21-19-17-14-12-10-8-6-4-2/h3-28H2,1-2H3. The number of esters is 1. The van der Waals surface area contributed by atoms with Crippen molar-refractivity contribution >= 4 is 5.97 Å². The third kappa shape index (κ3) is 27.4. The molecule has 2 nitrogen and oxygen atoms in total. The molecule has 0 saturated heterocycles. The average Bonchev–Trinajstić information content (AvgIpc) is 2.77. The topological polar surface area (TPSA) is 26.3 Å². The summed E-state index contributed by atoms with van der Waals surface area (Å²) >= 11 is 0. The van der Waals surface area contributed by atoms with Gasteiger partial charge in [-0.05, 0) is 12.8 Å². The molecule has 0 bridgehead atoms. The van der Waals surface area contributed by atoms with Crippen LogP contribution in [-0.4, -0.2) is 12.6 Å². The fourth-order valence-corrected chi connectivity index (χ4v) is 4.31. The summed E-state index contributed by atoms with van der Waals surface area (Å²) in [5, 5.41) is 0. The molecule has 0 aromatic rings. The van der Waals surface area contributed by atoms with Crippen LogP contribution in [0.1, 0.15) is 174 Å². The molecule has 0 radical (unpaired) electrons. The van der Waals surface area contributed by atoms with Gasteiger partial charge in [0.2, 0.25) is 0 Å². The van der Waals surface area contributed by atoms with Crippen LogP contribution >= 0.6 is 0 Å². The number of hydrogen-bond acceptors (Lipinski definition) is 2. The molecule has 0 aromatic carbocycles. The van der Waals surface area contributed by atoms with Gasteiger partial charge in [-0.15, -0.1) is 0 Å². The maximum absolute atomic E-state index is 11.8. The second-order valence-corrected chi connectivity index (χ2v) is 9.75. The molecule has 0 N–H and O–H groups in total. The number of unbranched alkanes of at least 4 members (excludes halogenated alkanes) is 22. The Morgan fingerprint density at radius 1 is 0.419 bits per heavy atom. The van der Waals surface area contributed by atoms with Crippen molar-refractivity contribution in [3.8, 4) is 0 Å². The van der Waals surface area contributed by atoms with Gasteiger partial charge in [0.25, 0.3) is 0 Å². The van der Waals surface area contributed by atoms with Crippen molar-refractivity contribution in [2.45, 2.75) is 174 Å². The van der Waals surface area contributed by atoms with E-state index in [1.54, 1.807) is 0 Å². The molecule has 0 aromatic heterocycles. The Labute approximate surface area is 196 Å². The SMILES string of the molecule is CCCCCCCCCCCCCCCOC(=O)CCCCCCCCCCCCC. The van der Waals surface area contributed by atoms with E-state index in [0.29, 0.717) is 13.0 Å². The molecule has 0 rings (SSSR count). The lowest BCUT2D eigenvalue weighted by atomic mass is 10.0. The van der Waals surface area contributed by atoms with Crippen LogP contribution in [0.15, 0.2) is 0 Å². The van der Waals surface area contributed by atoms with Crippen LogP contribution in [0.25, 0.3) is 0 Å². The molecule has 0 fully saturated rings. The molecule has 0 amide bonds. The first kappa shape index (κ1) is 30.5. The van der Waals surface area contributed by atoms with Crippen molar-refractivity contribution in [2.75, 3.05) is 6.61 Å². The zero-order valence-corrected chi connectivity index (χ0v) is 21.7. The first-order chi connectivity index (χ1) is 15.3. The molecule has 0 aliphatic carbocycles. The number of carbonyl (C=O) groups excluding carboxylic acids is 1. The van der Waals surface area contributed by atoms with Crippen molar-refractivity contribution in [1.82, 2.24) is 0 Å². The minimum Gasteiger partial charge on any atom is -0.466 e. The molecule has 0 aliphatic heterocycles. The van der Waals surface area contributed by atoms with Crippen molar-refractivity contribution in [1.29, 1.82) is 0 Å². The van der Waals surface area contributed by atoms with Crippen LogP contribution in [-0.2, 0) is 9.53 Å². The largest absolute Gasteiger partial charge is 0.466 e. The summed E-state index contributed by atoms with van der Waals surface area (Å²) in [5.41, 5.74) is 0. The highest BCUT2D eigenvalue weighted by Crippen LogP contribution is 2.14. The van der Waals surface area contributed by atoms with Gasteiger partial charge in [-0.1, -0.05) is 155 Å². The third-order valence-electron chi connectivity index (χ3n) is 6.50. The highest BCUT2D eigenvalue weighted by Gasteiger charge is 2.02. The number of hydrogen-bond donors (Lipinski definition) is 0. The van der Waals surface area contributed by atoms with Gasteiger partial charge in [-0.3, -0.25) is 4.79 Å². The molecule has 0 atom stereocenters. The fraction of sp³-hybridized carbons (Fsp3) is 0.966. The van der Waals surface area contributed by atoms with E-state index in [1.165, 1.54) is 141 Å². The Morgan fingerprint density at radius 3 is 1.06 bits per heavy atom. The Morgan fingerprint density at radius 2 is 0.710 bits per heavy atom. The summed E-state index contributed by atoms with van der Waals surface area (Å²) in [6.07, 6.45) is 32.8. The lowest BCUT2D eigenvalue weighted by molar-refractivity contribution is -0.143. The van der Waals surface area contributed by atoms with Crippen molar-refractivity contribution in [3.63, 3.8) is 0 Å². The zero-order chi connectivity index (χ0) is 22.7. The molecule has 186 valence electrons. The number of rotatable bonds is 26. The monoisotopic (exact) mass is 438 g/mol. The molecule has 31 heavy (non-hydrogen) atoms. The quantitative estimate of drug-likeness (QED) is 0.0991. The highest BCUT2D eigenvalue weighted by atomic mass is 16.5. The highest BCUT2D eigenvalue weighted by molar-refractivity contribution is 5.69. The molecule has 0 unspecified atom stereocenters. The van der Waals surface area contributed by atoms with Gasteiger partial charge in [0.1, 0.15) is 0 Å². The van der Waals surface area contributed by atoms with Gasteiger partial charge in [0, 0.05) is 6.42 Å². The molecule has 2 heteroatoms. The van der Waals surface area contributed by atoms with E-state index in [2.05, 4.69) is 13.8 Å². The van der Waals surface area contributed by atoms with Gasteiger partial charge in [0.15, 0.2) is 0 Å². The van der Waals surface area contributed by atoms with Crippen LogP contribution in [0.4, 0.5) is 0 Å². The Balaban J connectivity index is 3.13. The minimum atomic E-state index is 0.0230. The van der Waals surface area contributed by atoms with Gasteiger partial charge in [-0.2, -0.15) is 0 Å². The summed E-state index contributed by atoms with van der Waals surface area (Å²) in [6.45, 7) is 5.19. The van der Waals surface area contributed by atoms with Crippen LogP contribution in [0.2, 0.25) is 0 Å². The summed E-state index contributed by atoms with van der Waals surface area (Å²) < 4.78 is 5.39. The molecular weight excluding hydrogens is 380 g/mol. The van der Waals surface area contributed by atoms with Crippen molar-refractivity contribution < 1.29 is 9.53 Å². The Bertz CT molecular complexity index is 340. The second-order valence-electron chi connectivity index (χ2n) is 9.75. The van der Waals surface area contributed by atoms with Gasteiger partial charge < -0.3 is 4.74 Å². The van der Waals surface area contributed by atoms with E-state index in [-0.39, 0.29) is 5.97 Å². The molecule has 0 saturated carbocycles. The lowest BCUT2D eigenvalue weighted by Gasteiger charge is -2.06. The van der Waals surface area contributed by atoms with Crippen LogP contribution in [0, 0.1) is 0 Å². The van der Waals surface area contributed by atoms with E-state index in [0.717, 1.165) is 12.8 Å². The van der Waals surface area contributed by atoms with Crippen molar-refractivity contribution in [3.05, 3.63) is 0 Å². The predicted octanol–water partition coefficient (Wildman–Crippen LogP) is 10.3. The first-order valence-electron chi connectivity index (χ1n) is 14.5. The average molecular weight is 439 g/mol. The second kappa shape index (κ2) is 27.5. The number of carbonyl (C=O) groups is 1. The van der Waals surface area contributed by atoms with Crippen LogP contribution in [0.3, 0.4) is 0 Å². The molecular formula is C29H58O2. The Hall–Kier alpha value is -0.530. The molecule has 0 aliphatic rings. The van der Waals surface area contributed by atoms with Gasteiger partial charge in [-0.25, -0.2) is 0 Å². The third-order valence-corrected chi connectivity index (χ3v) is 6.50. The smallest absolute Gasteiger partial charge is 0.305 e. The summed E-state index contributed by atoms with van der Waals surface area (Å²) in [6, 6.07) is 0. The summed E-state index contributed by atoms with van der Waals surface area (Å²) in [5.74, 6) is 0.0230. The normalized spacial score (nSPS) is 11.2. The van der Waals surface area contributed by atoms with Crippen LogP contribution < -0.4 is 0 Å². The van der Waals surface area contributed by atoms with E-state index in [9.17, 15) is 4.79 Å². The lowest BCUT2D eigenvalue weighted by Crippen LogP contribution is -2.05. The van der Waals surface area contributed by atoms with E-state index in [4.69, 9.17) is 4.74 Å². The summed E-state index contributed by atoms with van der Waals surface area (Å²) in [7, 11) is 0. The maximum Gasteiger partial charge on any atom is 0.305 e. The minimum absolute atomic E-state index is 0.0230. The number of ether oxygens (including phenoxy) is 1. The van der Waals surface area contributed by atoms with Gasteiger partial charge >= 0.3 is 5.97 Å². The Kier molecular flexibility index (Phi) is 27.0. The molecule has 0 heterocycles. The van der Waals surface area contributed by atoms with Crippen molar-refractivity contribution in [2.24, 2.45) is 0 Å². The molecule has 0 spiro atoms. The predicted molar refractivity (Wildman–Crippen MR) is 138 cm³/mol.